The van der Waals surface area contributed by atoms with Gasteiger partial charge < -0.3 is 9.64 Å². The van der Waals surface area contributed by atoms with Crippen molar-refractivity contribution in [1.29, 1.82) is 0 Å². The van der Waals surface area contributed by atoms with Gasteiger partial charge in [-0.15, -0.1) is 0 Å². The van der Waals surface area contributed by atoms with E-state index in [4.69, 9.17) is 4.74 Å². The van der Waals surface area contributed by atoms with Crippen molar-refractivity contribution in [3.63, 3.8) is 0 Å². The van der Waals surface area contributed by atoms with E-state index in [2.05, 4.69) is 25.7 Å². The molecule has 118 valence electrons. The summed E-state index contributed by atoms with van der Waals surface area (Å²) >= 11 is 0. The number of esters is 1. The van der Waals surface area contributed by atoms with E-state index in [9.17, 15) is 4.79 Å². The lowest BCUT2D eigenvalue weighted by Gasteiger charge is -2.30. The number of nitrogens with zero attached hydrogens (tertiary/aromatic N) is 1. The Kier molecular flexibility index (Phi) is 6.50. The van der Waals surface area contributed by atoms with E-state index in [-0.39, 0.29) is 16.8 Å². The van der Waals surface area contributed by atoms with E-state index in [0.717, 1.165) is 19.4 Å². The molecule has 0 aromatic carbocycles. The second-order valence-electron chi connectivity index (χ2n) is 8.01. The van der Waals surface area contributed by atoms with Crippen LogP contribution in [0.5, 0.6) is 0 Å². The zero-order valence-corrected chi connectivity index (χ0v) is 14.1. The molecule has 0 spiro atoms. The Hall–Kier alpha value is -0.570. The van der Waals surface area contributed by atoms with Crippen molar-refractivity contribution < 1.29 is 9.53 Å². The van der Waals surface area contributed by atoms with Crippen molar-refractivity contribution in [2.75, 3.05) is 26.2 Å². The fraction of sp³-hybridized carbons (Fsp3) is 0.941. The van der Waals surface area contributed by atoms with Crippen molar-refractivity contribution >= 4 is 5.97 Å². The third-order valence-corrected chi connectivity index (χ3v) is 3.83. The van der Waals surface area contributed by atoms with Gasteiger partial charge >= 0.3 is 5.97 Å². The molecule has 0 amide bonds. The van der Waals surface area contributed by atoms with Gasteiger partial charge in [-0.2, -0.15) is 0 Å². The molecule has 0 aromatic heterocycles. The van der Waals surface area contributed by atoms with Crippen molar-refractivity contribution in [3.8, 4) is 0 Å². The van der Waals surface area contributed by atoms with Crippen LogP contribution in [0.1, 0.15) is 66.7 Å². The van der Waals surface area contributed by atoms with Crippen LogP contribution in [0.4, 0.5) is 0 Å². The van der Waals surface area contributed by atoms with Gasteiger partial charge in [0.25, 0.3) is 0 Å². The molecule has 0 saturated carbocycles. The topological polar surface area (TPSA) is 29.5 Å². The zero-order chi connectivity index (χ0) is 15.2. The van der Waals surface area contributed by atoms with Crippen LogP contribution in [0.3, 0.4) is 0 Å². The summed E-state index contributed by atoms with van der Waals surface area (Å²) in [6.45, 7) is 14.5. The smallest absolute Gasteiger partial charge is 0.311 e. The van der Waals surface area contributed by atoms with E-state index >= 15 is 0 Å². The van der Waals surface area contributed by atoms with Gasteiger partial charge in [0.05, 0.1) is 12.0 Å². The molecule has 3 heteroatoms. The quantitative estimate of drug-likeness (QED) is 0.547. The minimum Gasteiger partial charge on any atom is -0.465 e. The predicted molar refractivity (Wildman–Crippen MR) is 83.7 cm³/mol. The maximum Gasteiger partial charge on any atom is 0.311 e. The third-order valence-electron chi connectivity index (χ3n) is 3.83. The average Bonchev–Trinajstić information content (AvgIpc) is 2.32. The molecule has 20 heavy (non-hydrogen) atoms. The van der Waals surface area contributed by atoms with Gasteiger partial charge in [-0.25, -0.2) is 0 Å². The van der Waals surface area contributed by atoms with Gasteiger partial charge in [-0.05, 0) is 58.0 Å². The Bertz CT molecular complexity index is 299. The van der Waals surface area contributed by atoms with Gasteiger partial charge in [0.15, 0.2) is 0 Å². The van der Waals surface area contributed by atoms with Crippen molar-refractivity contribution in [2.24, 2.45) is 10.8 Å². The van der Waals surface area contributed by atoms with Crippen LogP contribution in [0.15, 0.2) is 0 Å². The molecule has 0 bridgehead atoms. The van der Waals surface area contributed by atoms with E-state index in [1.165, 1.54) is 32.4 Å². The summed E-state index contributed by atoms with van der Waals surface area (Å²) < 4.78 is 5.48. The molecule has 0 aliphatic carbocycles. The molecule has 0 radical (unpaired) electrons. The van der Waals surface area contributed by atoms with Crippen LogP contribution < -0.4 is 0 Å². The first-order valence-electron chi connectivity index (χ1n) is 8.10. The molecule has 1 saturated heterocycles. The largest absolute Gasteiger partial charge is 0.465 e. The highest BCUT2D eigenvalue weighted by molar-refractivity contribution is 5.75. The van der Waals surface area contributed by atoms with Gasteiger partial charge in [-0.1, -0.05) is 27.2 Å². The van der Waals surface area contributed by atoms with E-state index in [1.807, 2.05) is 13.8 Å². The molecule has 0 aromatic rings. The van der Waals surface area contributed by atoms with E-state index < -0.39 is 0 Å². The van der Waals surface area contributed by atoms with Crippen molar-refractivity contribution in [1.82, 2.24) is 4.90 Å². The maximum absolute atomic E-state index is 12.2. The Labute approximate surface area is 125 Å². The number of carbonyl (C=O) groups is 1. The van der Waals surface area contributed by atoms with Crippen LogP contribution in [-0.2, 0) is 9.53 Å². The van der Waals surface area contributed by atoms with E-state index in [1.54, 1.807) is 0 Å². The van der Waals surface area contributed by atoms with Gasteiger partial charge in [0, 0.05) is 6.54 Å². The first-order chi connectivity index (χ1) is 9.21. The predicted octanol–water partition coefficient (Wildman–Crippen LogP) is 3.87. The number of hydrogen-bond donors (Lipinski definition) is 0. The fourth-order valence-corrected chi connectivity index (χ4v) is 3.23. The average molecular weight is 283 g/mol. The Morgan fingerprint density at radius 1 is 1.05 bits per heavy atom. The molecule has 0 unspecified atom stereocenters. The van der Waals surface area contributed by atoms with Crippen LogP contribution in [0.25, 0.3) is 0 Å². The van der Waals surface area contributed by atoms with Crippen LogP contribution in [0.2, 0.25) is 0 Å². The standard InChI is InChI=1S/C17H33NO2/c1-16(2,3)14-17(4,5)15(19)20-13-9-12-18-10-7-6-8-11-18/h6-14H2,1-5H3. The van der Waals surface area contributed by atoms with Crippen molar-refractivity contribution in [2.45, 2.75) is 66.7 Å². The van der Waals surface area contributed by atoms with Gasteiger partial charge in [0.2, 0.25) is 0 Å². The molecular formula is C17H33NO2. The Morgan fingerprint density at radius 3 is 2.20 bits per heavy atom. The SMILES string of the molecule is CC(C)(C)CC(C)(C)C(=O)OCCCN1CCCCC1. The number of ether oxygens (including phenoxy) is 1. The molecule has 1 heterocycles. The maximum atomic E-state index is 12.2. The normalized spacial score (nSPS) is 18.1. The number of rotatable bonds is 6. The molecule has 1 fully saturated rings. The minimum atomic E-state index is -0.386. The lowest BCUT2D eigenvalue weighted by atomic mass is 9.76. The van der Waals surface area contributed by atoms with Crippen molar-refractivity contribution in [3.05, 3.63) is 0 Å². The molecular weight excluding hydrogens is 250 g/mol. The molecule has 1 rings (SSSR count). The summed E-state index contributed by atoms with van der Waals surface area (Å²) in [6.07, 6.45) is 5.81. The number of piperidine rings is 1. The molecule has 1 aliphatic rings. The lowest BCUT2D eigenvalue weighted by molar-refractivity contribution is -0.155. The first kappa shape index (κ1) is 17.5. The Balaban J connectivity index is 2.21. The lowest BCUT2D eigenvalue weighted by Crippen LogP contribution is -2.33. The summed E-state index contributed by atoms with van der Waals surface area (Å²) in [6, 6.07) is 0. The highest BCUT2D eigenvalue weighted by Crippen LogP contribution is 2.34. The molecule has 1 aliphatic heterocycles. The van der Waals surface area contributed by atoms with E-state index in [0.29, 0.717) is 6.61 Å². The number of likely N-dealkylation sites (tertiary alicyclic amines) is 1. The number of hydrogen-bond acceptors (Lipinski definition) is 3. The summed E-state index contributed by atoms with van der Waals surface area (Å²) in [4.78, 5) is 14.6. The van der Waals surface area contributed by atoms with Gasteiger partial charge in [-0.3, -0.25) is 4.79 Å². The first-order valence-corrected chi connectivity index (χ1v) is 8.10. The summed E-state index contributed by atoms with van der Waals surface area (Å²) in [5, 5.41) is 0. The monoisotopic (exact) mass is 283 g/mol. The van der Waals surface area contributed by atoms with Crippen LogP contribution >= 0.6 is 0 Å². The summed E-state index contributed by atoms with van der Waals surface area (Å²) in [7, 11) is 0. The highest BCUT2D eigenvalue weighted by Gasteiger charge is 2.33. The fourth-order valence-electron chi connectivity index (χ4n) is 3.23. The number of carbonyl (C=O) groups excluding carboxylic acids is 1. The van der Waals surface area contributed by atoms with Crippen LogP contribution in [-0.4, -0.2) is 37.1 Å². The second-order valence-corrected chi connectivity index (χ2v) is 8.01. The minimum absolute atomic E-state index is 0.0499. The molecule has 3 nitrogen and oxygen atoms in total. The highest BCUT2D eigenvalue weighted by atomic mass is 16.5. The summed E-state index contributed by atoms with van der Waals surface area (Å²) in [5.41, 5.74) is -0.236. The molecule has 0 N–H and O–H groups in total. The zero-order valence-electron chi connectivity index (χ0n) is 14.1. The van der Waals surface area contributed by atoms with Gasteiger partial charge in [0.1, 0.15) is 0 Å². The Morgan fingerprint density at radius 2 is 1.65 bits per heavy atom. The summed E-state index contributed by atoms with van der Waals surface area (Å²) in [5.74, 6) is -0.0499. The van der Waals surface area contributed by atoms with Crippen LogP contribution in [0, 0.1) is 10.8 Å². The third kappa shape index (κ3) is 6.74. The molecule has 0 atom stereocenters. The second kappa shape index (κ2) is 7.44.